The number of alkyl carbamates (subject to hydrolysis) is 1. The first-order valence-corrected chi connectivity index (χ1v) is 13.6. The molecule has 39 heavy (non-hydrogen) atoms. The van der Waals surface area contributed by atoms with Crippen LogP contribution < -0.4 is 10.6 Å². The normalized spacial score (nSPS) is 12.7. The molecular formula is C28H45N3O8. The molecule has 4 N–H and O–H groups in total. The fourth-order valence-corrected chi connectivity index (χ4v) is 3.87. The molecule has 0 aromatic heterocycles. The molecule has 0 aliphatic carbocycles. The van der Waals surface area contributed by atoms with E-state index in [9.17, 15) is 29.4 Å². The number of amides is 3. The van der Waals surface area contributed by atoms with Gasteiger partial charge < -0.3 is 35.2 Å². The number of aromatic hydroxyl groups is 1. The quantitative estimate of drug-likeness (QED) is 0.180. The molecule has 2 atom stereocenters. The van der Waals surface area contributed by atoms with Crippen molar-refractivity contribution in [2.24, 2.45) is 0 Å². The molecule has 1 aromatic rings. The molecule has 220 valence electrons. The molecule has 0 aliphatic rings. The predicted octanol–water partition coefficient (Wildman–Crippen LogP) is 3.19. The van der Waals surface area contributed by atoms with Gasteiger partial charge in [-0.2, -0.15) is 0 Å². The molecule has 0 bridgehead atoms. The topological polar surface area (TPSA) is 154 Å². The van der Waals surface area contributed by atoms with E-state index in [1.54, 1.807) is 39.8 Å². The van der Waals surface area contributed by atoms with Gasteiger partial charge in [-0.15, -0.1) is 0 Å². The second-order valence-electron chi connectivity index (χ2n) is 10.1. The van der Waals surface area contributed by atoms with Gasteiger partial charge in [-0.3, -0.25) is 14.4 Å². The highest BCUT2D eigenvalue weighted by Crippen LogP contribution is 2.30. The molecule has 1 rings (SSSR count). The standard InChI is InChI=1S/C28H45N3O8/c1-6-8-9-10-13-18-31(26(36)21(19-32)30-27(37)39-28(3,4)5)24(20-14-11-12-15-22(20)33)25(35)29-17-16-23(34)38-7-2/h11-12,14-15,21,24,32-33H,6-10,13,16-19H2,1-5H3,(H,29,35)(H,30,37). The number of aliphatic hydroxyl groups excluding tert-OH is 1. The van der Waals surface area contributed by atoms with Crippen molar-refractivity contribution in [3.8, 4) is 5.75 Å². The number of carbonyl (C=O) groups excluding carboxylic acids is 4. The average molecular weight is 552 g/mol. The van der Waals surface area contributed by atoms with Crippen LogP contribution in [0.25, 0.3) is 0 Å². The predicted molar refractivity (Wildman–Crippen MR) is 146 cm³/mol. The number of rotatable bonds is 16. The van der Waals surface area contributed by atoms with Crippen LogP contribution in [0, 0.1) is 0 Å². The number of aliphatic hydroxyl groups is 1. The molecule has 0 radical (unpaired) electrons. The Bertz CT molecular complexity index is 932. The van der Waals surface area contributed by atoms with Crippen molar-refractivity contribution in [2.75, 3.05) is 26.3 Å². The molecule has 0 spiro atoms. The second kappa shape index (κ2) is 17.3. The Hall–Kier alpha value is -3.34. The van der Waals surface area contributed by atoms with E-state index < -0.39 is 48.2 Å². The summed E-state index contributed by atoms with van der Waals surface area (Å²) < 4.78 is 10.1. The largest absolute Gasteiger partial charge is 0.508 e. The van der Waals surface area contributed by atoms with Crippen molar-refractivity contribution in [2.45, 2.75) is 90.8 Å². The zero-order valence-corrected chi connectivity index (χ0v) is 23.8. The lowest BCUT2D eigenvalue weighted by molar-refractivity contribution is -0.144. The van der Waals surface area contributed by atoms with Crippen molar-refractivity contribution in [3.63, 3.8) is 0 Å². The summed E-state index contributed by atoms with van der Waals surface area (Å²) in [6.07, 6.45) is 3.36. The van der Waals surface area contributed by atoms with Crippen LogP contribution in [0.3, 0.4) is 0 Å². The number of carbonyl (C=O) groups is 4. The Balaban J connectivity index is 3.33. The summed E-state index contributed by atoms with van der Waals surface area (Å²) in [6.45, 7) is 8.32. The minimum Gasteiger partial charge on any atom is -0.508 e. The van der Waals surface area contributed by atoms with E-state index in [4.69, 9.17) is 9.47 Å². The van der Waals surface area contributed by atoms with Gasteiger partial charge in [0.25, 0.3) is 0 Å². The van der Waals surface area contributed by atoms with Crippen molar-refractivity contribution < 1.29 is 38.9 Å². The number of phenols is 1. The van der Waals surface area contributed by atoms with E-state index in [0.717, 1.165) is 25.7 Å². The SMILES string of the molecule is CCCCCCCN(C(=O)C(CO)NC(=O)OC(C)(C)C)C(C(=O)NCCC(=O)OCC)c1ccccc1O. The lowest BCUT2D eigenvalue weighted by atomic mass is 10.0. The van der Waals surface area contributed by atoms with Crippen LogP contribution in [0.5, 0.6) is 5.75 Å². The summed E-state index contributed by atoms with van der Waals surface area (Å²) in [7, 11) is 0. The van der Waals surface area contributed by atoms with Crippen LogP contribution in [-0.2, 0) is 23.9 Å². The molecule has 0 heterocycles. The average Bonchev–Trinajstić information content (AvgIpc) is 2.86. The van der Waals surface area contributed by atoms with Gasteiger partial charge in [0.1, 0.15) is 23.4 Å². The first-order valence-electron chi connectivity index (χ1n) is 13.6. The number of esters is 1. The number of nitrogens with one attached hydrogen (secondary N) is 2. The summed E-state index contributed by atoms with van der Waals surface area (Å²) in [5, 5.41) is 25.7. The minimum atomic E-state index is -1.39. The monoisotopic (exact) mass is 551 g/mol. The lowest BCUT2D eigenvalue weighted by Gasteiger charge is -2.34. The van der Waals surface area contributed by atoms with Crippen molar-refractivity contribution >= 4 is 23.9 Å². The molecule has 0 saturated carbocycles. The van der Waals surface area contributed by atoms with Gasteiger partial charge in [0.05, 0.1) is 19.6 Å². The number of para-hydroxylation sites is 1. The molecule has 0 saturated heterocycles. The van der Waals surface area contributed by atoms with Crippen LogP contribution in [0.1, 0.15) is 84.7 Å². The Kier molecular flexibility index (Phi) is 14.9. The van der Waals surface area contributed by atoms with Crippen molar-refractivity contribution in [1.29, 1.82) is 0 Å². The summed E-state index contributed by atoms with van der Waals surface area (Å²) in [4.78, 5) is 52.7. The molecule has 3 amide bonds. The molecule has 11 nitrogen and oxygen atoms in total. The highest BCUT2D eigenvalue weighted by Gasteiger charge is 2.37. The van der Waals surface area contributed by atoms with Gasteiger partial charge in [0.15, 0.2) is 0 Å². The number of nitrogens with zero attached hydrogens (tertiary/aromatic N) is 1. The Labute approximate surface area is 231 Å². The zero-order chi connectivity index (χ0) is 29.4. The van der Waals surface area contributed by atoms with E-state index in [1.807, 2.05) is 0 Å². The molecule has 11 heteroatoms. The maximum absolute atomic E-state index is 13.8. The molecule has 0 fully saturated rings. The zero-order valence-electron chi connectivity index (χ0n) is 23.8. The molecular weight excluding hydrogens is 506 g/mol. The third-order valence-corrected chi connectivity index (χ3v) is 5.68. The van der Waals surface area contributed by atoms with Crippen molar-refractivity contribution in [1.82, 2.24) is 15.5 Å². The van der Waals surface area contributed by atoms with Gasteiger partial charge in [-0.25, -0.2) is 4.79 Å². The van der Waals surface area contributed by atoms with E-state index in [1.165, 1.54) is 17.0 Å². The van der Waals surface area contributed by atoms with Crippen LogP contribution in [-0.4, -0.2) is 76.9 Å². The highest BCUT2D eigenvalue weighted by molar-refractivity contribution is 5.92. The number of unbranched alkanes of at least 4 members (excludes halogenated alkanes) is 4. The maximum Gasteiger partial charge on any atom is 0.408 e. The van der Waals surface area contributed by atoms with Gasteiger partial charge in [-0.1, -0.05) is 50.8 Å². The Morgan fingerprint density at radius 2 is 1.69 bits per heavy atom. The summed E-state index contributed by atoms with van der Waals surface area (Å²) in [6, 6.07) is 3.46. The summed E-state index contributed by atoms with van der Waals surface area (Å²) in [5.41, 5.74) is -0.662. The minimum absolute atomic E-state index is 0.0418. The molecule has 1 aromatic carbocycles. The Morgan fingerprint density at radius 3 is 2.28 bits per heavy atom. The van der Waals surface area contributed by atoms with Gasteiger partial charge in [0.2, 0.25) is 11.8 Å². The summed E-state index contributed by atoms with van der Waals surface area (Å²) in [5.74, 6) is -2.03. The number of benzene rings is 1. The van der Waals surface area contributed by atoms with Crippen LogP contribution in [0.15, 0.2) is 24.3 Å². The summed E-state index contributed by atoms with van der Waals surface area (Å²) >= 11 is 0. The number of hydrogen-bond acceptors (Lipinski definition) is 8. The maximum atomic E-state index is 13.8. The number of phenolic OH excluding ortho intramolecular Hbond substituents is 1. The van der Waals surface area contributed by atoms with Gasteiger partial charge in [0, 0.05) is 18.7 Å². The smallest absolute Gasteiger partial charge is 0.408 e. The molecule has 2 unspecified atom stereocenters. The van der Waals surface area contributed by atoms with Crippen LogP contribution in [0.4, 0.5) is 4.79 Å². The number of hydrogen-bond donors (Lipinski definition) is 4. The first-order chi connectivity index (χ1) is 18.4. The van der Waals surface area contributed by atoms with Gasteiger partial charge >= 0.3 is 12.1 Å². The Morgan fingerprint density at radius 1 is 1.03 bits per heavy atom. The number of ether oxygens (including phenoxy) is 2. The van der Waals surface area contributed by atoms with E-state index in [0.29, 0.717) is 6.42 Å². The molecule has 0 aliphatic heterocycles. The van der Waals surface area contributed by atoms with E-state index in [2.05, 4.69) is 17.6 Å². The fourth-order valence-electron chi connectivity index (χ4n) is 3.87. The third kappa shape index (κ3) is 12.4. The third-order valence-electron chi connectivity index (χ3n) is 5.68. The van der Waals surface area contributed by atoms with Crippen LogP contribution in [0.2, 0.25) is 0 Å². The van der Waals surface area contributed by atoms with Gasteiger partial charge in [-0.05, 0) is 40.2 Å². The lowest BCUT2D eigenvalue weighted by Crippen LogP contribution is -2.54. The highest BCUT2D eigenvalue weighted by atomic mass is 16.6. The van der Waals surface area contributed by atoms with Crippen LogP contribution >= 0.6 is 0 Å². The van der Waals surface area contributed by atoms with Crippen molar-refractivity contribution in [3.05, 3.63) is 29.8 Å². The van der Waals surface area contributed by atoms with E-state index >= 15 is 0 Å². The van der Waals surface area contributed by atoms with E-state index in [-0.39, 0.29) is 37.4 Å². The first kappa shape index (κ1) is 33.7. The fraction of sp³-hybridized carbons (Fsp3) is 0.643. The second-order valence-corrected chi connectivity index (χ2v) is 10.1.